The summed E-state index contributed by atoms with van der Waals surface area (Å²) in [7, 11) is -1.03. The monoisotopic (exact) mass is 307 g/mol. The molecule has 8 nitrogen and oxygen atoms in total. The number of carbonyl (C=O) groups is 1. The zero-order valence-electron chi connectivity index (χ0n) is 11.9. The largest absolute Gasteiger partial charge is 0.481 e. The summed E-state index contributed by atoms with van der Waals surface area (Å²) in [5.74, 6) is -1.87. The maximum atomic E-state index is 12.3. The third-order valence-electron chi connectivity index (χ3n) is 2.69. The third-order valence-corrected chi connectivity index (χ3v) is 4.65. The van der Waals surface area contributed by atoms with Gasteiger partial charge < -0.3 is 9.84 Å². The lowest BCUT2D eigenvalue weighted by Crippen LogP contribution is -2.45. The zero-order chi connectivity index (χ0) is 15.8. The van der Waals surface area contributed by atoms with Crippen molar-refractivity contribution < 1.29 is 23.1 Å². The SMILES string of the molecule is COCCN(CCC#N)S(=O)(=O)N(C)CC(C)C(=O)O. The minimum atomic E-state index is -3.80. The molecule has 0 aromatic carbocycles. The van der Waals surface area contributed by atoms with Crippen LogP contribution < -0.4 is 0 Å². The van der Waals surface area contributed by atoms with Crippen molar-refractivity contribution in [2.45, 2.75) is 13.3 Å². The highest BCUT2D eigenvalue weighted by Gasteiger charge is 2.28. The lowest BCUT2D eigenvalue weighted by Gasteiger charge is -2.27. The summed E-state index contributed by atoms with van der Waals surface area (Å²) in [6.45, 7) is 1.67. The number of hydrogen-bond donors (Lipinski definition) is 1. The molecular formula is C11H21N3O5S. The summed E-state index contributed by atoms with van der Waals surface area (Å²) in [6.07, 6.45) is 0.0608. The number of aliphatic carboxylic acids is 1. The van der Waals surface area contributed by atoms with Crippen molar-refractivity contribution in [1.82, 2.24) is 8.61 Å². The molecule has 1 N–H and O–H groups in total. The second-order valence-corrected chi connectivity index (χ2v) is 6.36. The normalized spacial score (nSPS) is 13.4. The molecule has 0 aliphatic rings. The number of nitrogens with zero attached hydrogens (tertiary/aromatic N) is 3. The predicted molar refractivity (Wildman–Crippen MR) is 72.0 cm³/mol. The Labute approximate surface area is 119 Å². The Balaban J connectivity index is 4.90. The maximum absolute atomic E-state index is 12.3. The Morgan fingerprint density at radius 2 is 2.05 bits per heavy atom. The molecule has 1 atom stereocenters. The Morgan fingerprint density at radius 1 is 1.45 bits per heavy atom. The van der Waals surface area contributed by atoms with E-state index < -0.39 is 22.1 Å². The van der Waals surface area contributed by atoms with Crippen LogP contribution in [0.5, 0.6) is 0 Å². The zero-order valence-corrected chi connectivity index (χ0v) is 12.8. The highest BCUT2D eigenvalue weighted by molar-refractivity contribution is 7.86. The van der Waals surface area contributed by atoms with Crippen LogP contribution in [-0.2, 0) is 19.7 Å². The molecule has 0 aromatic heterocycles. The van der Waals surface area contributed by atoms with Crippen molar-refractivity contribution in [1.29, 1.82) is 5.26 Å². The van der Waals surface area contributed by atoms with Gasteiger partial charge in [-0.05, 0) is 0 Å². The molecule has 0 spiro atoms. The fourth-order valence-electron chi connectivity index (χ4n) is 1.47. The summed E-state index contributed by atoms with van der Waals surface area (Å²) in [4.78, 5) is 10.8. The second kappa shape index (κ2) is 8.86. The molecule has 0 aliphatic carbocycles. The van der Waals surface area contributed by atoms with E-state index in [0.717, 1.165) is 8.61 Å². The van der Waals surface area contributed by atoms with Crippen LogP contribution in [0.1, 0.15) is 13.3 Å². The quantitative estimate of drug-likeness (QED) is 0.595. The molecule has 20 heavy (non-hydrogen) atoms. The fourth-order valence-corrected chi connectivity index (χ4v) is 2.90. The van der Waals surface area contributed by atoms with Crippen molar-refractivity contribution in [3.05, 3.63) is 0 Å². The van der Waals surface area contributed by atoms with Gasteiger partial charge in [0, 0.05) is 40.2 Å². The Morgan fingerprint density at radius 3 is 2.50 bits per heavy atom. The molecule has 1 unspecified atom stereocenters. The Kier molecular flexibility index (Phi) is 8.33. The molecular weight excluding hydrogens is 286 g/mol. The molecule has 0 saturated carbocycles. The highest BCUT2D eigenvalue weighted by Crippen LogP contribution is 2.10. The van der Waals surface area contributed by atoms with E-state index in [4.69, 9.17) is 15.1 Å². The van der Waals surface area contributed by atoms with Gasteiger partial charge in [0.1, 0.15) is 0 Å². The second-order valence-electron chi connectivity index (χ2n) is 4.33. The summed E-state index contributed by atoms with van der Waals surface area (Å²) in [6, 6.07) is 1.89. The van der Waals surface area contributed by atoms with Crippen LogP contribution in [0.25, 0.3) is 0 Å². The first-order valence-electron chi connectivity index (χ1n) is 6.07. The third kappa shape index (κ3) is 5.83. The van der Waals surface area contributed by atoms with E-state index in [1.807, 2.05) is 6.07 Å². The molecule has 0 radical (unpaired) electrons. The summed E-state index contributed by atoms with van der Waals surface area (Å²) < 4.78 is 31.5. The lowest BCUT2D eigenvalue weighted by molar-refractivity contribution is -0.141. The van der Waals surface area contributed by atoms with Crippen molar-refractivity contribution in [2.24, 2.45) is 5.92 Å². The van der Waals surface area contributed by atoms with Crippen LogP contribution >= 0.6 is 0 Å². The van der Waals surface area contributed by atoms with Gasteiger partial charge in [0.15, 0.2) is 0 Å². The van der Waals surface area contributed by atoms with Crippen LogP contribution in [0.3, 0.4) is 0 Å². The molecule has 0 saturated heterocycles. The lowest BCUT2D eigenvalue weighted by atomic mass is 10.2. The van der Waals surface area contributed by atoms with Gasteiger partial charge in [0.05, 0.1) is 18.6 Å². The summed E-state index contributed by atoms with van der Waals surface area (Å²) in [5.41, 5.74) is 0. The van der Waals surface area contributed by atoms with Gasteiger partial charge in [-0.2, -0.15) is 22.3 Å². The minimum absolute atomic E-state index is 0.0496. The molecule has 0 heterocycles. The molecule has 116 valence electrons. The number of nitriles is 1. The number of ether oxygens (including phenoxy) is 1. The van der Waals surface area contributed by atoms with E-state index in [-0.39, 0.29) is 32.7 Å². The van der Waals surface area contributed by atoms with E-state index in [2.05, 4.69) is 0 Å². The number of rotatable bonds is 10. The average Bonchev–Trinajstić information content (AvgIpc) is 2.38. The van der Waals surface area contributed by atoms with Crippen LogP contribution in [0.2, 0.25) is 0 Å². The standard InChI is InChI=1S/C11H21N3O5S/c1-10(11(15)16)9-13(2)20(17,18)14(6-4-5-12)7-8-19-3/h10H,4,6-9H2,1-3H3,(H,15,16). The van der Waals surface area contributed by atoms with E-state index in [0.29, 0.717) is 0 Å². The Hall–Kier alpha value is -1.21. The van der Waals surface area contributed by atoms with Crippen LogP contribution in [0.15, 0.2) is 0 Å². The van der Waals surface area contributed by atoms with Crippen LogP contribution in [-0.4, -0.2) is 68.5 Å². The van der Waals surface area contributed by atoms with Crippen molar-refractivity contribution >= 4 is 16.2 Å². The smallest absolute Gasteiger partial charge is 0.307 e. The van der Waals surface area contributed by atoms with Crippen molar-refractivity contribution in [3.63, 3.8) is 0 Å². The van der Waals surface area contributed by atoms with E-state index >= 15 is 0 Å². The highest BCUT2D eigenvalue weighted by atomic mass is 32.2. The van der Waals surface area contributed by atoms with Gasteiger partial charge in [-0.15, -0.1) is 0 Å². The maximum Gasteiger partial charge on any atom is 0.307 e. The van der Waals surface area contributed by atoms with E-state index in [9.17, 15) is 13.2 Å². The van der Waals surface area contributed by atoms with Crippen LogP contribution in [0, 0.1) is 17.2 Å². The van der Waals surface area contributed by atoms with Crippen molar-refractivity contribution in [2.75, 3.05) is 40.4 Å². The molecule has 0 bridgehead atoms. The average molecular weight is 307 g/mol. The van der Waals surface area contributed by atoms with E-state index in [1.165, 1.54) is 21.1 Å². The van der Waals surface area contributed by atoms with Crippen LogP contribution in [0.4, 0.5) is 0 Å². The molecule has 0 rings (SSSR count). The molecule has 0 amide bonds. The first kappa shape index (κ1) is 18.8. The first-order chi connectivity index (χ1) is 9.27. The number of carboxylic acid groups (broad SMARTS) is 1. The van der Waals surface area contributed by atoms with Crippen molar-refractivity contribution in [3.8, 4) is 6.07 Å². The number of hydrogen-bond acceptors (Lipinski definition) is 5. The van der Waals surface area contributed by atoms with Gasteiger partial charge in [-0.1, -0.05) is 6.92 Å². The van der Waals surface area contributed by atoms with Gasteiger partial charge in [0.2, 0.25) is 0 Å². The van der Waals surface area contributed by atoms with Gasteiger partial charge in [-0.25, -0.2) is 0 Å². The Bertz CT molecular complexity index is 445. The van der Waals surface area contributed by atoms with Gasteiger partial charge in [0.25, 0.3) is 10.2 Å². The number of methoxy groups -OCH3 is 1. The fraction of sp³-hybridized carbons (Fsp3) is 0.818. The minimum Gasteiger partial charge on any atom is -0.481 e. The molecule has 0 aromatic rings. The molecule has 0 fully saturated rings. The number of carboxylic acids is 1. The molecule has 9 heteroatoms. The first-order valence-corrected chi connectivity index (χ1v) is 7.47. The molecule has 0 aliphatic heterocycles. The van der Waals surface area contributed by atoms with Gasteiger partial charge >= 0.3 is 5.97 Å². The summed E-state index contributed by atoms with van der Waals surface area (Å²) in [5, 5.41) is 17.4. The predicted octanol–water partition coefficient (Wildman–Crippen LogP) is -0.254. The summed E-state index contributed by atoms with van der Waals surface area (Å²) >= 11 is 0. The van der Waals surface area contributed by atoms with Gasteiger partial charge in [-0.3, -0.25) is 4.79 Å². The van der Waals surface area contributed by atoms with E-state index in [1.54, 1.807) is 0 Å². The topological polar surface area (TPSA) is 111 Å².